The van der Waals surface area contributed by atoms with Crippen LogP contribution < -0.4 is 10.3 Å². The van der Waals surface area contributed by atoms with Crippen molar-refractivity contribution in [3.05, 3.63) is 51.1 Å². The van der Waals surface area contributed by atoms with Gasteiger partial charge < -0.3 is 4.74 Å². The zero-order chi connectivity index (χ0) is 12.4. The van der Waals surface area contributed by atoms with Gasteiger partial charge in [-0.1, -0.05) is 0 Å². The van der Waals surface area contributed by atoms with Gasteiger partial charge in [0.1, 0.15) is 5.82 Å². The monoisotopic (exact) mass is 298 g/mol. The number of hydrogen-bond acceptors (Lipinski definition) is 3. The fourth-order valence-corrected chi connectivity index (χ4v) is 1.79. The Morgan fingerprint density at radius 2 is 2.00 bits per heavy atom. The molecule has 17 heavy (non-hydrogen) atoms. The minimum atomic E-state index is -0.409. The normalized spacial score (nSPS) is 10.3. The van der Waals surface area contributed by atoms with Gasteiger partial charge in [-0.2, -0.15) is 9.78 Å². The number of aromatic nitrogens is 2. The molecule has 0 unspecified atom stereocenters. The topological polar surface area (TPSA) is 44.1 Å². The van der Waals surface area contributed by atoms with Crippen LogP contribution in [0, 0.1) is 5.82 Å². The number of benzene rings is 1. The van der Waals surface area contributed by atoms with E-state index in [-0.39, 0.29) is 11.6 Å². The number of ether oxygens (including phenoxy) is 1. The highest BCUT2D eigenvalue weighted by atomic mass is 79.9. The molecule has 88 valence electrons. The molecule has 1 heterocycles. The summed E-state index contributed by atoms with van der Waals surface area (Å²) < 4.78 is 19.4. The van der Waals surface area contributed by atoms with Crippen LogP contribution in [-0.2, 0) is 0 Å². The maximum atomic E-state index is 12.8. The first kappa shape index (κ1) is 11.8. The van der Waals surface area contributed by atoms with Gasteiger partial charge in [0.15, 0.2) is 0 Å². The van der Waals surface area contributed by atoms with Crippen molar-refractivity contribution in [1.82, 2.24) is 9.78 Å². The van der Waals surface area contributed by atoms with Crippen molar-refractivity contribution in [3.8, 4) is 11.4 Å². The third kappa shape index (κ3) is 2.21. The van der Waals surface area contributed by atoms with Gasteiger partial charge in [-0.15, -0.1) is 0 Å². The van der Waals surface area contributed by atoms with Crippen LogP contribution >= 0.6 is 15.9 Å². The summed E-state index contributed by atoms with van der Waals surface area (Å²) in [6.07, 6.45) is 1.45. The number of nitrogens with zero attached hydrogens (tertiary/aromatic N) is 2. The summed E-state index contributed by atoms with van der Waals surface area (Å²) in [4.78, 5) is 12.0. The molecule has 1 aromatic heterocycles. The predicted octanol–water partition coefficient (Wildman–Crippen LogP) is 2.14. The number of hydrogen-bond donors (Lipinski definition) is 0. The number of halogens is 2. The fourth-order valence-electron chi connectivity index (χ4n) is 1.37. The molecule has 0 aliphatic carbocycles. The fraction of sp³-hybridized carbons (Fsp3) is 0.0909. The smallest absolute Gasteiger partial charge is 0.314 e. The van der Waals surface area contributed by atoms with Crippen LogP contribution in [0.3, 0.4) is 0 Å². The van der Waals surface area contributed by atoms with Gasteiger partial charge in [-0.3, -0.25) is 4.79 Å². The van der Waals surface area contributed by atoms with Crippen molar-refractivity contribution in [1.29, 1.82) is 0 Å². The Hall–Kier alpha value is -1.69. The second-order valence-corrected chi connectivity index (χ2v) is 4.07. The van der Waals surface area contributed by atoms with E-state index in [2.05, 4.69) is 21.0 Å². The van der Waals surface area contributed by atoms with Gasteiger partial charge in [-0.05, 0) is 40.2 Å². The third-order valence-electron chi connectivity index (χ3n) is 2.17. The summed E-state index contributed by atoms with van der Waals surface area (Å²) in [5.74, 6) is -0.213. The lowest BCUT2D eigenvalue weighted by atomic mass is 10.3. The zero-order valence-electron chi connectivity index (χ0n) is 8.85. The van der Waals surface area contributed by atoms with Gasteiger partial charge in [0.05, 0.1) is 23.5 Å². The van der Waals surface area contributed by atoms with Crippen LogP contribution in [0.1, 0.15) is 0 Å². The van der Waals surface area contributed by atoms with Crippen LogP contribution in [0.2, 0.25) is 0 Å². The van der Waals surface area contributed by atoms with Crippen LogP contribution in [-0.4, -0.2) is 16.9 Å². The standard InChI is InChI=1S/C11H8BrFN2O2/c1-17-10-9(12)6-14-15(11(10)16)8-4-2-7(13)3-5-8/h2-6H,1H3. The van der Waals surface area contributed by atoms with Crippen LogP contribution in [0.25, 0.3) is 5.69 Å². The number of methoxy groups -OCH3 is 1. The lowest BCUT2D eigenvalue weighted by Gasteiger charge is -2.07. The lowest BCUT2D eigenvalue weighted by molar-refractivity contribution is 0.400. The highest BCUT2D eigenvalue weighted by Crippen LogP contribution is 2.18. The Morgan fingerprint density at radius 1 is 1.35 bits per heavy atom. The summed E-state index contributed by atoms with van der Waals surface area (Å²) in [5.41, 5.74) is 0.0654. The molecule has 0 saturated carbocycles. The Bertz CT molecular complexity index is 595. The molecule has 2 rings (SSSR count). The molecule has 0 saturated heterocycles. The molecule has 0 spiro atoms. The summed E-state index contributed by atoms with van der Waals surface area (Å²) in [6.45, 7) is 0. The maximum Gasteiger partial charge on any atom is 0.314 e. The molecule has 0 amide bonds. The van der Waals surface area contributed by atoms with Crippen molar-refractivity contribution in [2.75, 3.05) is 7.11 Å². The Balaban J connectivity index is 2.61. The van der Waals surface area contributed by atoms with E-state index in [4.69, 9.17) is 4.74 Å². The highest BCUT2D eigenvalue weighted by molar-refractivity contribution is 9.10. The molecule has 0 bridgehead atoms. The number of rotatable bonds is 2. The summed E-state index contributed by atoms with van der Waals surface area (Å²) in [7, 11) is 1.40. The molecule has 1 aromatic carbocycles. The molecule has 6 heteroatoms. The summed E-state index contributed by atoms with van der Waals surface area (Å²) in [5, 5.41) is 3.94. The molecular formula is C11H8BrFN2O2. The van der Waals surface area contributed by atoms with E-state index in [1.54, 1.807) is 0 Å². The third-order valence-corrected chi connectivity index (χ3v) is 2.73. The minimum Gasteiger partial charge on any atom is -0.490 e. The Morgan fingerprint density at radius 3 is 2.59 bits per heavy atom. The van der Waals surface area contributed by atoms with Crippen LogP contribution in [0.4, 0.5) is 4.39 Å². The molecule has 0 fully saturated rings. The van der Waals surface area contributed by atoms with E-state index in [0.29, 0.717) is 10.2 Å². The Labute approximate surface area is 105 Å². The lowest BCUT2D eigenvalue weighted by Crippen LogP contribution is -2.22. The average Bonchev–Trinajstić information content (AvgIpc) is 2.31. The van der Waals surface area contributed by atoms with Gasteiger partial charge in [0.25, 0.3) is 0 Å². The van der Waals surface area contributed by atoms with Crippen molar-refractivity contribution < 1.29 is 9.13 Å². The van der Waals surface area contributed by atoms with Gasteiger partial charge in [0.2, 0.25) is 5.75 Å². The van der Waals surface area contributed by atoms with Crippen molar-refractivity contribution in [3.63, 3.8) is 0 Å². The van der Waals surface area contributed by atoms with E-state index < -0.39 is 5.56 Å². The molecule has 0 atom stereocenters. The van der Waals surface area contributed by atoms with Crippen LogP contribution in [0.15, 0.2) is 39.7 Å². The average molecular weight is 299 g/mol. The second-order valence-electron chi connectivity index (χ2n) is 3.22. The van der Waals surface area contributed by atoms with E-state index in [1.165, 1.54) is 37.6 Å². The van der Waals surface area contributed by atoms with Crippen molar-refractivity contribution >= 4 is 15.9 Å². The SMILES string of the molecule is COc1c(Br)cnn(-c2ccc(F)cc2)c1=O. The second kappa shape index (κ2) is 4.67. The van der Waals surface area contributed by atoms with Crippen molar-refractivity contribution in [2.24, 2.45) is 0 Å². The van der Waals surface area contributed by atoms with E-state index in [1.807, 2.05) is 0 Å². The molecule has 4 nitrogen and oxygen atoms in total. The maximum absolute atomic E-state index is 12.8. The van der Waals surface area contributed by atoms with E-state index >= 15 is 0 Å². The molecule has 0 radical (unpaired) electrons. The zero-order valence-corrected chi connectivity index (χ0v) is 10.4. The first-order chi connectivity index (χ1) is 8.13. The van der Waals surface area contributed by atoms with Crippen LogP contribution in [0.5, 0.6) is 5.75 Å². The van der Waals surface area contributed by atoms with Gasteiger partial charge in [-0.25, -0.2) is 4.39 Å². The first-order valence-electron chi connectivity index (χ1n) is 4.71. The van der Waals surface area contributed by atoms with Gasteiger partial charge >= 0.3 is 5.56 Å². The molecule has 0 N–H and O–H groups in total. The van der Waals surface area contributed by atoms with Gasteiger partial charge in [0, 0.05) is 0 Å². The first-order valence-corrected chi connectivity index (χ1v) is 5.50. The quantitative estimate of drug-likeness (QED) is 0.853. The van der Waals surface area contributed by atoms with E-state index in [0.717, 1.165) is 4.68 Å². The molecule has 2 aromatic rings. The Kier molecular flexibility index (Phi) is 3.23. The molecule has 0 aliphatic heterocycles. The summed E-state index contributed by atoms with van der Waals surface area (Å²) in [6, 6.07) is 5.46. The highest BCUT2D eigenvalue weighted by Gasteiger charge is 2.10. The minimum absolute atomic E-state index is 0.157. The molecule has 0 aliphatic rings. The summed E-state index contributed by atoms with van der Waals surface area (Å²) >= 11 is 3.16. The predicted molar refractivity (Wildman–Crippen MR) is 64.0 cm³/mol. The van der Waals surface area contributed by atoms with E-state index in [9.17, 15) is 9.18 Å². The largest absolute Gasteiger partial charge is 0.490 e. The molecular weight excluding hydrogens is 291 g/mol. The van der Waals surface area contributed by atoms with Crippen molar-refractivity contribution in [2.45, 2.75) is 0 Å².